The van der Waals surface area contributed by atoms with Gasteiger partial charge in [-0.25, -0.2) is 0 Å². The first kappa shape index (κ1) is 28.4. The highest BCUT2D eigenvalue weighted by Crippen LogP contribution is 2.21. The Morgan fingerprint density at radius 1 is 0.514 bits per heavy atom. The van der Waals surface area contributed by atoms with Crippen LogP contribution in [0.1, 0.15) is 88.2 Å². The van der Waals surface area contributed by atoms with Crippen molar-refractivity contribution >= 4 is 11.4 Å². The van der Waals surface area contributed by atoms with Crippen LogP contribution in [0.4, 0.5) is 11.4 Å². The molecule has 0 aliphatic rings. The van der Waals surface area contributed by atoms with Crippen molar-refractivity contribution in [2.45, 2.75) is 89.9 Å². The molecule has 7 nitrogen and oxygen atoms in total. The van der Waals surface area contributed by atoms with Crippen LogP contribution < -0.4 is 0 Å². The van der Waals surface area contributed by atoms with Gasteiger partial charge in [-0.2, -0.15) is 0 Å². The summed E-state index contributed by atoms with van der Waals surface area (Å²) in [7, 11) is 0. The van der Waals surface area contributed by atoms with Gasteiger partial charge in [-0.05, 0) is 38.5 Å². The summed E-state index contributed by atoms with van der Waals surface area (Å²) in [6.45, 7) is 1.65. The van der Waals surface area contributed by atoms with Crippen molar-refractivity contribution in [2.75, 3.05) is 13.2 Å². The topological polar surface area (TPSA) is 95.5 Å². The zero-order chi connectivity index (χ0) is 25.1. The molecule has 35 heavy (non-hydrogen) atoms. The molecule has 0 amide bonds. The Labute approximate surface area is 209 Å². The molecule has 0 atom stereocenters. The van der Waals surface area contributed by atoms with Crippen LogP contribution in [-0.2, 0) is 17.6 Å². The fourth-order valence-corrected chi connectivity index (χ4v) is 4.36. The lowest BCUT2D eigenvalue weighted by molar-refractivity contribution is -0.385. The fraction of sp³-hybridized carbons (Fsp3) is 0.571. The Kier molecular flexibility index (Phi) is 14.3. The molecule has 0 N–H and O–H groups in total. The SMILES string of the molecule is O=[N+]([O-])c1ccccc1CCCCCCCCOCCCCCCCCc1ccccc1[N+](=O)[O-]. The third-order valence-corrected chi connectivity index (χ3v) is 6.35. The zero-order valence-electron chi connectivity index (χ0n) is 20.9. The van der Waals surface area contributed by atoms with E-state index < -0.39 is 0 Å². The Hall–Kier alpha value is -2.80. The van der Waals surface area contributed by atoms with E-state index in [0.717, 1.165) is 88.5 Å². The minimum atomic E-state index is -0.292. The first-order chi connectivity index (χ1) is 17.1. The van der Waals surface area contributed by atoms with Crippen molar-refractivity contribution < 1.29 is 14.6 Å². The Morgan fingerprint density at radius 3 is 1.26 bits per heavy atom. The number of aryl methyl sites for hydroxylation is 2. The van der Waals surface area contributed by atoms with Crippen molar-refractivity contribution in [2.24, 2.45) is 0 Å². The maximum atomic E-state index is 11.0. The van der Waals surface area contributed by atoms with E-state index >= 15 is 0 Å². The van der Waals surface area contributed by atoms with Gasteiger partial charge < -0.3 is 4.74 Å². The number of ether oxygens (including phenoxy) is 1. The third-order valence-electron chi connectivity index (χ3n) is 6.35. The summed E-state index contributed by atoms with van der Waals surface area (Å²) >= 11 is 0. The fourth-order valence-electron chi connectivity index (χ4n) is 4.36. The number of nitrogens with zero attached hydrogens (tertiary/aromatic N) is 2. The van der Waals surface area contributed by atoms with Crippen LogP contribution in [0.15, 0.2) is 48.5 Å². The molecule has 0 unspecified atom stereocenters. The van der Waals surface area contributed by atoms with E-state index in [1.165, 1.54) is 25.7 Å². The molecule has 0 fully saturated rings. The van der Waals surface area contributed by atoms with Gasteiger partial charge >= 0.3 is 0 Å². The van der Waals surface area contributed by atoms with Crippen LogP contribution in [0.3, 0.4) is 0 Å². The van der Waals surface area contributed by atoms with Gasteiger partial charge in [0.2, 0.25) is 0 Å². The quantitative estimate of drug-likeness (QED) is 0.108. The predicted octanol–water partition coefficient (Wildman–Crippen LogP) is 7.99. The van der Waals surface area contributed by atoms with Crippen LogP contribution in [0.2, 0.25) is 0 Å². The van der Waals surface area contributed by atoms with Crippen LogP contribution in [0, 0.1) is 20.2 Å². The minimum absolute atomic E-state index is 0.237. The van der Waals surface area contributed by atoms with E-state index in [1.54, 1.807) is 24.3 Å². The lowest BCUT2D eigenvalue weighted by Gasteiger charge is -2.06. The second-order valence-electron chi connectivity index (χ2n) is 9.13. The van der Waals surface area contributed by atoms with Gasteiger partial charge in [-0.3, -0.25) is 20.2 Å². The predicted molar refractivity (Wildman–Crippen MR) is 140 cm³/mol. The summed E-state index contributed by atoms with van der Waals surface area (Å²) in [5.74, 6) is 0. The summed E-state index contributed by atoms with van der Waals surface area (Å²) < 4.78 is 5.75. The van der Waals surface area contributed by atoms with Crippen molar-refractivity contribution in [1.29, 1.82) is 0 Å². The highest BCUT2D eigenvalue weighted by molar-refractivity contribution is 5.40. The minimum Gasteiger partial charge on any atom is -0.381 e. The molecule has 2 aromatic carbocycles. The van der Waals surface area contributed by atoms with Gasteiger partial charge in [0.05, 0.1) is 9.85 Å². The monoisotopic (exact) mass is 484 g/mol. The van der Waals surface area contributed by atoms with E-state index in [-0.39, 0.29) is 21.2 Å². The van der Waals surface area contributed by atoms with Gasteiger partial charge in [0.15, 0.2) is 0 Å². The number of rotatable bonds is 20. The summed E-state index contributed by atoms with van der Waals surface area (Å²) in [5.41, 5.74) is 2.15. The average Bonchev–Trinajstić information content (AvgIpc) is 2.86. The van der Waals surface area contributed by atoms with Crippen LogP contribution in [0.25, 0.3) is 0 Å². The van der Waals surface area contributed by atoms with E-state index in [0.29, 0.717) is 0 Å². The molecule has 0 aliphatic heterocycles. The largest absolute Gasteiger partial charge is 0.381 e. The summed E-state index contributed by atoms with van der Waals surface area (Å²) in [5, 5.41) is 22.1. The lowest BCUT2D eigenvalue weighted by atomic mass is 10.0. The Balaban J connectivity index is 1.34. The van der Waals surface area contributed by atoms with E-state index in [9.17, 15) is 20.2 Å². The second-order valence-corrected chi connectivity index (χ2v) is 9.13. The first-order valence-electron chi connectivity index (χ1n) is 13.1. The summed E-state index contributed by atoms with van der Waals surface area (Å²) in [6, 6.07) is 14.1. The molecule has 0 saturated heterocycles. The normalized spacial score (nSPS) is 11.0. The van der Waals surface area contributed by atoms with Gasteiger partial charge in [0.1, 0.15) is 0 Å². The number of hydrogen-bond acceptors (Lipinski definition) is 5. The molecular formula is C28H40N2O5. The van der Waals surface area contributed by atoms with Crippen molar-refractivity contribution in [3.63, 3.8) is 0 Å². The molecule has 0 saturated carbocycles. The van der Waals surface area contributed by atoms with Crippen LogP contribution in [0.5, 0.6) is 0 Å². The Bertz CT molecular complexity index is 816. The van der Waals surface area contributed by atoms with E-state index in [1.807, 2.05) is 24.3 Å². The number of unbranched alkanes of at least 4 members (excludes halogenated alkanes) is 10. The smallest absolute Gasteiger partial charge is 0.272 e. The van der Waals surface area contributed by atoms with Gasteiger partial charge in [-0.1, -0.05) is 87.8 Å². The highest BCUT2D eigenvalue weighted by Gasteiger charge is 2.12. The molecule has 0 aromatic heterocycles. The van der Waals surface area contributed by atoms with Crippen LogP contribution >= 0.6 is 0 Å². The maximum absolute atomic E-state index is 11.0. The number of nitro benzene ring substituents is 2. The third kappa shape index (κ3) is 11.9. The maximum Gasteiger partial charge on any atom is 0.272 e. The molecule has 2 rings (SSSR count). The molecule has 0 radical (unpaired) electrons. The first-order valence-corrected chi connectivity index (χ1v) is 13.1. The van der Waals surface area contributed by atoms with Gasteiger partial charge in [-0.15, -0.1) is 0 Å². The molecular weight excluding hydrogens is 444 g/mol. The number of para-hydroxylation sites is 2. The molecule has 192 valence electrons. The van der Waals surface area contributed by atoms with Crippen molar-refractivity contribution in [1.82, 2.24) is 0 Å². The molecule has 0 aliphatic carbocycles. The van der Waals surface area contributed by atoms with Gasteiger partial charge in [0, 0.05) is 36.5 Å². The molecule has 7 heteroatoms. The van der Waals surface area contributed by atoms with Crippen LogP contribution in [-0.4, -0.2) is 23.1 Å². The molecule has 0 heterocycles. The van der Waals surface area contributed by atoms with E-state index in [2.05, 4.69) is 0 Å². The standard InChI is InChI=1S/C28H40N2O5/c31-29(32)27-21-13-11-19-25(27)17-9-5-1-3-7-15-23-35-24-16-8-4-2-6-10-18-26-20-12-14-22-28(26)30(33)34/h11-14,19-22H,1-10,15-18,23-24H2. The summed E-state index contributed by atoms with van der Waals surface area (Å²) in [4.78, 5) is 21.5. The molecule has 2 aromatic rings. The average molecular weight is 485 g/mol. The molecule has 0 bridgehead atoms. The highest BCUT2D eigenvalue weighted by atomic mass is 16.6. The lowest BCUT2D eigenvalue weighted by Crippen LogP contribution is -1.98. The van der Waals surface area contributed by atoms with Crippen molar-refractivity contribution in [3.8, 4) is 0 Å². The Morgan fingerprint density at radius 2 is 0.857 bits per heavy atom. The molecule has 0 spiro atoms. The summed E-state index contributed by atoms with van der Waals surface area (Å²) in [6.07, 6.45) is 15.0. The zero-order valence-corrected chi connectivity index (χ0v) is 20.9. The second kappa shape index (κ2) is 17.6. The van der Waals surface area contributed by atoms with Crippen molar-refractivity contribution in [3.05, 3.63) is 79.9 Å². The number of benzene rings is 2. The van der Waals surface area contributed by atoms with E-state index in [4.69, 9.17) is 4.74 Å². The van der Waals surface area contributed by atoms with Gasteiger partial charge in [0.25, 0.3) is 11.4 Å². The number of hydrogen-bond donors (Lipinski definition) is 0. The number of nitro groups is 2.